The van der Waals surface area contributed by atoms with Crippen LogP contribution in [0.25, 0.3) is 0 Å². The lowest BCUT2D eigenvalue weighted by Gasteiger charge is -2.36. The molecule has 0 bridgehead atoms. The van der Waals surface area contributed by atoms with Crippen LogP contribution in [-0.2, 0) is 6.54 Å². The van der Waals surface area contributed by atoms with Gasteiger partial charge in [0.2, 0.25) is 0 Å². The second kappa shape index (κ2) is 5.42. The second-order valence-corrected chi connectivity index (χ2v) is 4.68. The summed E-state index contributed by atoms with van der Waals surface area (Å²) in [5.41, 5.74) is 6.59. The molecule has 0 saturated carbocycles. The van der Waals surface area contributed by atoms with E-state index in [-0.39, 0.29) is 0 Å². The van der Waals surface area contributed by atoms with E-state index < -0.39 is 0 Å². The predicted octanol–water partition coefficient (Wildman–Crippen LogP) is 0.466. The van der Waals surface area contributed by atoms with E-state index in [4.69, 9.17) is 5.73 Å². The maximum absolute atomic E-state index is 5.70. The molecule has 1 aliphatic rings. The standard InChI is InChI=1S/C12H21N5/c1-16-7-3-10(4-8-16)17(2)12-11(9-13)14-5-6-15-12/h5-6,10H,3-4,7-9,13H2,1-2H3. The van der Waals surface area contributed by atoms with Crippen molar-refractivity contribution in [1.82, 2.24) is 14.9 Å². The number of anilines is 1. The number of nitrogens with two attached hydrogens (primary N) is 1. The molecule has 2 heterocycles. The van der Waals surface area contributed by atoms with Crippen LogP contribution in [0.2, 0.25) is 0 Å². The number of aromatic nitrogens is 2. The fourth-order valence-electron chi connectivity index (χ4n) is 2.35. The van der Waals surface area contributed by atoms with Gasteiger partial charge in [0.15, 0.2) is 5.82 Å². The maximum atomic E-state index is 5.70. The van der Waals surface area contributed by atoms with Crippen LogP contribution >= 0.6 is 0 Å². The minimum atomic E-state index is 0.445. The Morgan fingerprint density at radius 2 is 2.00 bits per heavy atom. The highest BCUT2D eigenvalue weighted by Gasteiger charge is 2.22. The molecule has 0 amide bonds. The molecule has 2 N–H and O–H groups in total. The van der Waals surface area contributed by atoms with E-state index in [2.05, 4.69) is 33.9 Å². The molecule has 1 aromatic rings. The quantitative estimate of drug-likeness (QED) is 0.825. The Morgan fingerprint density at radius 3 is 2.65 bits per heavy atom. The van der Waals surface area contributed by atoms with Crippen molar-refractivity contribution in [2.45, 2.75) is 25.4 Å². The number of nitrogens with zero attached hydrogens (tertiary/aromatic N) is 4. The summed E-state index contributed by atoms with van der Waals surface area (Å²) in [5, 5.41) is 0. The summed E-state index contributed by atoms with van der Waals surface area (Å²) in [4.78, 5) is 13.3. The zero-order valence-corrected chi connectivity index (χ0v) is 10.6. The highest BCUT2D eigenvalue weighted by Crippen LogP contribution is 2.21. The van der Waals surface area contributed by atoms with Crippen LogP contribution in [0.3, 0.4) is 0 Å². The SMILES string of the molecule is CN1CCC(N(C)c2nccnc2CN)CC1. The second-order valence-electron chi connectivity index (χ2n) is 4.68. The van der Waals surface area contributed by atoms with E-state index in [0.717, 1.165) is 24.6 Å². The first-order valence-electron chi connectivity index (χ1n) is 6.13. The lowest BCUT2D eigenvalue weighted by molar-refractivity contribution is 0.252. The van der Waals surface area contributed by atoms with Gasteiger partial charge in [-0.25, -0.2) is 4.98 Å². The molecule has 5 nitrogen and oxygen atoms in total. The lowest BCUT2D eigenvalue weighted by Crippen LogP contribution is -2.42. The van der Waals surface area contributed by atoms with Crippen LogP contribution in [0.15, 0.2) is 12.4 Å². The van der Waals surface area contributed by atoms with Crippen molar-refractivity contribution in [1.29, 1.82) is 0 Å². The van der Waals surface area contributed by atoms with Crippen LogP contribution in [0.5, 0.6) is 0 Å². The van der Waals surface area contributed by atoms with E-state index in [1.54, 1.807) is 12.4 Å². The Hall–Kier alpha value is -1.20. The zero-order chi connectivity index (χ0) is 12.3. The summed E-state index contributed by atoms with van der Waals surface area (Å²) >= 11 is 0. The van der Waals surface area contributed by atoms with E-state index in [1.807, 2.05) is 0 Å². The van der Waals surface area contributed by atoms with Gasteiger partial charge in [0.1, 0.15) is 0 Å². The Bertz CT molecular complexity index is 360. The largest absolute Gasteiger partial charge is 0.355 e. The minimum absolute atomic E-state index is 0.445. The van der Waals surface area contributed by atoms with Gasteiger partial charge in [0.25, 0.3) is 0 Å². The van der Waals surface area contributed by atoms with Crippen LogP contribution < -0.4 is 10.6 Å². The van der Waals surface area contributed by atoms with Crippen LogP contribution in [0.4, 0.5) is 5.82 Å². The molecule has 0 spiro atoms. The van der Waals surface area contributed by atoms with Gasteiger partial charge in [0.05, 0.1) is 5.69 Å². The third-order valence-corrected chi connectivity index (χ3v) is 3.52. The maximum Gasteiger partial charge on any atom is 0.151 e. The van der Waals surface area contributed by atoms with Gasteiger partial charge < -0.3 is 15.5 Å². The minimum Gasteiger partial charge on any atom is -0.355 e. The molecule has 5 heteroatoms. The average Bonchev–Trinajstić information content (AvgIpc) is 2.39. The van der Waals surface area contributed by atoms with Crippen molar-refractivity contribution in [3.8, 4) is 0 Å². The Balaban J connectivity index is 2.10. The number of likely N-dealkylation sites (tertiary alicyclic amines) is 1. The molecule has 0 atom stereocenters. The van der Waals surface area contributed by atoms with E-state index in [0.29, 0.717) is 12.6 Å². The molecule has 94 valence electrons. The first-order chi connectivity index (χ1) is 8.22. The van der Waals surface area contributed by atoms with Crippen molar-refractivity contribution in [2.75, 3.05) is 32.1 Å². The van der Waals surface area contributed by atoms with Gasteiger partial charge in [-0.15, -0.1) is 0 Å². The molecule has 17 heavy (non-hydrogen) atoms. The first-order valence-corrected chi connectivity index (χ1v) is 6.13. The molecule has 1 saturated heterocycles. The Labute approximate surface area is 103 Å². The van der Waals surface area contributed by atoms with E-state index in [9.17, 15) is 0 Å². The Kier molecular flexibility index (Phi) is 3.91. The van der Waals surface area contributed by atoms with Gasteiger partial charge in [-0.2, -0.15) is 0 Å². The van der Waals surface area contributed by atoms with Gasteiger partial charge in [-0.05, 0) is 33.0 Å². The van der Waals surface area contributed by atoms with Crippen molar-refractivity contribution in [3.63, 3.8) is 0 Å². The molecule has 0 aromatic carbocycles. The fourth-order valence-corrected chi connectivity index (χ4v) is 2.35. The molecule has 1 aliphatic heterocycles. The molecule has 0 radical (unpaired) electrons. The molecule has 2 rings (SSSR count). The number of hydrogen-bond acceptors (Lipinski definition) is 5. The monoisotopic (exact) mass is 235 g/mol. The van der Waals surface area contributed by atoms with Crippen LogP contribution in [0.1, 0.15) is 18.5 Å². The molecule has 0 aliphatic carbocycles. The average molecular weight is 235 g/mol. The highest BCUT2D eigenvalue weighted by molar-refractivity contribution is 5.43. The highest BCUT2D eigenvalue weighted by atomic mass is 15.2. The summed E-state index contributed by atoms with van der Waals surface area (Å²) in [6.45, 7) is 2.74. The van der Waals surface area contributed by atoms with Crippen molar-refractivity contribution in [3.05, 3.63) is 18.1 Å². The summed E-state index contributed by atoms with van der Waals surface area (Å²) < 4.78 is 0. The van der Waals surface area contributed by atoms with Gasteiger partial charge in [-0.1, -0.05) is 0 Å². The number of hydrogen-bond donors (Lipinski definition) is 1. The van der Waals surface area contributed by atoms with Crippen molar-refractivity contribution >= 4 is 5.82 Å². The lowest BCUT2D eigenvalue weighted by atomic mass is 10.0. The summed E-state index contributed by atoms with van der Waals surface area (Å²) in [6, 6.07) is 0.549. The Morgan fingerprint density at radius 1 is 1.35 bits per heavy atom. The topological polar surface area (TPSA) is 58.3 Å². The summed E-state index contributed by atoms with van der Waals surface area (Å²) in [6.07, 6.45) is 5.79. The van der Waals surface area contributed by atoms with Gasteiger partial charge in [-0.3, -0.25) is 4.98 Å². The van der Waals surface area contributed by atoms with Crippen LogP contribution in [-0.4, -0.2) is 48.1 Å². The number of rotatable bonds is 3. The molecule has 0 unspecified atom stereocenters. The number of piperidine rings is 1. The summed E-state index contributed by atoms with van der Waals surface area (Å²) in [5.74, 6) is 0.935. The van der Waals surface area contributed by atoms with E-state index >= 15 is 0 Å². The summed E-state index contributed by atoms with van der Waals surface area (Å²) in [7, 11) is 4.27. The molecule has 1 fully saturated rings. The van der Waals surface area contributed by atoms with E-state index in [1.165, 1.54) is 12.8 Å². The first kappa shape index (κ1) is 12.3. The van der Waals surface area contributed by atoms with Crippen molar-refractivity contribution < 1.29 is 0 Å². The third-order valence-electron chi connectivity index (χ3n) is 3.52. The van der Waals surface area contributed by atoms with Gasteiger partial charge >= 0.3 is 0 Å². The van der Waals surface area contributed by atoms with Gasteiger partial charge in [0, 0.05) is 32.0 Å². The predicted molar refractivity (Wildman–Crippen MR) is 68.8 cm³/mol. The molecule has 1 aromatic heterocycles. The third kappa shape index (κ3) is 2.73. The fraction of sp³-hybridized carbons (Fsp3) is 0.667. The van der Waals surface area contributed by atoms with Crippen LogP contribution in [0, 0.1) is 0 Å². The normalized spacial score (nSPS) is 18.3. The smallest absolute Gasteiger partial charge is 0.151 e. The zero-order valence-electron chi connectivity index (χ0n) is 10.6. The molecular weight excluding hydrogens is 214 g/mol. The van der Waals surface area contributed by atoms with Crippen molar-refractivity contribution in [2.24, 2.45) is 5.73 Å². The molecular formula is C12H21N5.